The number of hydrogen-bond acceptors (Lipinski definition) is 4. The highest BCUT2D eigenvalue weighted by Crippen LogP contribution is 2.56. The van der Waals surface area contributed by atoms with Crippen molar-refractivity contribution in [3.05, 3.63) is 107 Å². The topological polar surface area (TPSA) is 53.3 Å². The zero-order valence-corrected chi connectivity index (χ0v) is 17.3. The highest BCUT2D eigenvalue weighted by molar-refractivity contribution is 5.85. The Kier molecular flexibility index (Phi) is 4.69. The fourth-order valence-electron chi connectivity index (χ4n) is 5.32. The molecule has 3 aromatic carbocycles. The molecule has 0 saturated carbocycles. The van der Waals surface area contributed by atoms with Gasteiger partial charge in [-0.25, -0.2) is 0 Å². The van der Waals surface area contributed by atoms with Crippen LogP contribution in [0.25, 0.3) is 11.1 Å². The van der Waals surface area contributed by atoms with E-state index in [1.165, 1.54) is 18.2 Å². The molecule has 0 radical (unpaired) electrons. The molecular weight excluding hydrogens is 384 g/mol. The Bertz CT molecular complexity index is 1180. The fraction of sp³-hybridized carbons (Fsp3) is 0.185. The first-order valence-electron chi connectivity index (χ1n) is 10.4. The van der Waals surface area contributed by atoms with Crippen molar-refractivity contribution in [2.45, 2.75) is 18.0 Å². The molecule has 0 aromatic heterocycles. The number of carbonyl (C=O) groups is 1. The summed E-state index contributed by atoms with van der Waals surface area (Å²) in [6, 6.07) is 28.8. The smallest absolute Gasteiger partial charge is 0.323 e. The predicted octanol–water partition coefficient (Wildman–Crippen LogP) is 4.66. The molecule has 0 bridgehead atoms. The quantitative estimate of drug-likeness (QED) is 0.469. The van der Waals surface area contributed by atoms with Gasteiger partial charge in [0.05, 0.1) is 18.7 Å². The van der Waals surface area contributed by atoms with E-state index in [-0.39, 0.29) is 5.97 Å². The van der Waals surface area contributed by atoms with Crippen LogP contribution in [0, 0.1) is 11.3 Å². The summed E-state index contributed by atoms with van der Waals surface area (Å²) >= 11 is 0. The van der Waals surface area contributed by atoms with Gasteiger partial charge in [-0.15, -0.1) is 0 Å². The molecule has 2 aliphatic rings. The van der Waals surface area contributed by atoms with Crippen LogP contribution >= 0.6 is 0 Å². The van der Waals surface area contributed by atoms with E-state index in [0.717, 1.165) is 22.3 Å². The van der Waals surface area contributed by atoms with E-state index in [2.05, 4.69) is 71.6 Å². The second-order valence-corrected chi connectivity index (χ2v) is 7.97. The largest absolute Gasteiger partial charge is 0.468 e. The summed E-state index contributed by atoms with van der Waals surface area (Å²) < 4.78 is 5.22. The third-order valence-electron chi connectivity index (χ3n) is 6.49. The number of esters is 1. The molecule has 1 aliphatic heterocycles. The third kappa shape index (κ3) is 2.74. The molecule has 0 N–H and O–H groups in total. The molecule has 1 heterocycles. The molecule has 1 saturated heterocycles. The number of benzene rings is 3. The van der Waals surface area contributed by atoms with Gasteiger partial charge >= 0.3 is 5.97 Å². The SMILES string of the molecule is COC(=O)[C@@H]1CC(=CC#N)CN1C1(c2ccccc2)c2ccccc2-c2ccccc21. The summed E-state index contributed by atoms with van der Waals surface area (Å²) in [6.45, 7) is 0.519. The Balaban J connectivity index is 1.86. The maximum absolute atomic E-state index is 13.0. The maximum atomic E-state index is 13.0. The van der Waals surface area contributed by atoms with Gasteiger partial charge in [0.1, 0.15) is 6.04 Å². The summed E-state index contributed by atoms with van der Waals surface area (Å²) in [6.07, 6.45) is 2.06. The number of nitrogens with zero attached hydrogens (tertiary/aromatic N) is 2. The Morgan fingerprint density at radius 3 is 2.16 bits per heavy atom. The van der Waals surface area contributed by atoms with Crippen molar-refractivity contribution < 1.29 is 9.53 Å². The number of allylic oxidation sites excluding steroid dienone is 1. The highest BCUT2D eigenvalue weighted by Gasteiger charge is 2.54. The van der Waals surface area contributed by atoms with Crippen LogP contribution in [-0.2, 0) is 15.1 Å². The first kappa shape index (κ1) is 19.3. The summed E-state index contributed by atoms with van der Waals surface area (Å²) in [4.78, 5) is 15.2. The first-order chi connectivity index (χ1) is 15.2. The molecule has 4 nitrogen and oxygen atoms in total. The minimum Gasteiger partial charge on any atom is -0.468 e. The predicted molar refractivity (Wildman–Crippen MR) is 119 cm³/mol. The molecule has 0 unspecified atom stereocenters. The number of likely N-dealkylation sites (tertiary alicyclic amines) is 1. The lowest BCUT2D eigenvalue weighted by molar-refractivity contribution is -0.147. The minimum atomic E-state index is -0.654. The van der Waals surface area contributed by atoms with Gasteiger partial charge in [-0.3, -0.25) is 9.69 Å². The molecule has 1 fully saturated rings. The zero-order valence-electron chi connectivity index (χ0n) is 17.3. The first-order valence-corrected chi connectivity index (χ1v) is 10.4. The molecule has 3 aromatic rings. The van der Waals surface area contributed by atoms with E-state index in [1.807, 2.05) is 18.2 Å². The van der Waals surface area contributed by atoms with E-state index >= 15 is 0 Å². The highest BCUT2D eigenvalue weighted by atomic mass is 16.5. The number of methoxy groups -OCH3 is 1. The van der Waals surface area contributed by atoms with Crippen LogP contribution in [0.3, 0.4) is 0 Å². The van der Waals surface area contributed by atoms with Crippen LogP contribution in [0.4, 0.5) is 0 Å². The molecular formula is C27H22N2O2. The van der Waals surface area contributed by atoms with Crippen LogP contribution in [0.5, 0.6) is 0 Å². The molecule has 0 amide bonds. The standard InChI is InChI=1S/C27H22N2O2/c1-31-26(30)25-17-19(15-16-28)18-29(25)27(20-9-3-2-4-10-20)23-13-7-5-11-21(23)22-12-6-8-14-24(22)27/h2-15,25H,17-18H2,1H3/t25-/m0/s1. The number of ether oxygens (including phenoxy) is 1. The summed E-state index contributed by atoms with van der Waals surface area (Å²) in [5.41, 5.74) is 6.02. The Hall–Kier alpha value is -3.68. The fourth-order valence-corrected chi connectivity index (χ4v) is 5.32. The summed E-state index contributed by atoms with van der Waals surface area (Å²) in [5, 5.41) is 9.30. The molecule has 152 valence electrons. The van der Waals surface area contributed by atoms with Gasteiger partial charge < -0.3 is 4.74 Å². The van der Waals surface area contributed by atoms with Gasteiger partial charge in [0.2, 0.25) is 0 Å². The maximum Gasteiger partial charge on any atom is 0.323 e. The lowest BCUT2D eigenvalue weighted by Crippen LogP contribution is -2.52. The normalized spacial score (nSPS) is 20.1. The lowest BCUT2D eigenvalue weighted by Gasteiger charge is -2.43. The molecule has 4 heteroatoms. The summed E-state index contributed by atoms with van der Waals surface area (Å²) in [5.74, 6) is -0.279. The van der Waals surface area contributed by atoms with Crippen molar-refractivity contribution in [1.29, 1.82) is 5.26 Å². The molecule has 1 aliphatic carbocycles. The molecule has 31 heavy (non-hydrogen) atoms. The van der Waals surface area contributed by atoms with Gasteiger partial charge in [-0.1, -0.05) is 78.9 Å². The second kappa shape index (κ2) is 7.54. The van der Waals surface area contributed by atoms with E-state index in [1.54, 1.807) is 6.08 Å². The zero-order chi connectivity index (χ0) is 21.4. The van der Waals surface area contributed by atoms with Gasteiger partial charge in [-0.05, 0) is 39.8 Å². The third-order valence-corrected chi connectivity index (χ3v) is 6.49. The van der Waals surface area contributed by atoms with Crippen LogP contribution < -0.4 is 0 Å². The molecule has 1 atom stereocenters. The average molecular weight is 406 g/mol. The lowest BCUT2D eigenvalue weighted by atomic mass is 9.78. The minimum absolute atomic E-state index is 0.279. The average Bonchev–Trinajstić information content (AvgIpc) is 3.37. The van der Waals surface area contributed by atoms with Crippen molar-refractivity contribution in [3.8, 4) is 17.2 Å². The Morgan fingerprint density at radius 1 is 1.00 bits per heavy atom. The van der Waals surface area contributed by atoms with E-state index in [9.17, 15) is 10.1 Å². The van der Waals surface area contributed by atoms with Crippen LogP contribution in [0.15, 0.2) is 90.5 Å². The van der Waals surface area contributed by atoms with Crippen molar-refractivity contribution in [3.63, 3.8) is 0 Å². The van der Waals surface area contributed by atoms with Crippen molar-refractivity contribution >= 4 is 5.97 Å². The van der Waals surface area contributed by atoms with Crippen molar-refractivity contribution in [1.82, 2.24) is 4.90 Å². The van der Waals surface area contributed by atoms with E-state index in [4.69, 9.17) is 4.74 Å². The van der Waals surface area contributed by atoms with Crippen LogP contribution in [0.2, 0.25) is 0 Å². The number of hydrogen-bond donors (Lipinski definition) is 0. The van der Waals surface area contributed by atoms with Crippen molar-refractivity contribution in [2.75, 3.05) is 13.7 Å². The van der Waals surface area contributed by atoms with Gasteiger partial charge in [-0.2, -0.15) is 5.26 Å². The van der Waals surface area contributed by atoms with Gasteiger partial charge in [0, 0.05) is 12.6 Å². The second-order valence-electron chi connectivity index (χ2n) is 7.97. The molecule has 0 spiro atoms. The summed E-state index contributed by atoms with van der Waals surface area (Å²) in [7, 11) is 1.43. The Labute approximate surface area is 182 Å². The van der Waals surface area contributed by atoms with E-state index < -0.39 is 11.6 Å². The van der Waals surface area contributed by atoms with E-state index in [0.29, 0.717) is 13.0 Å². The molecule has 5 rings (SSSR count). The number of fused-ring (bicyclic) bond motifs is 3. The number of nitriles is 1. The Morgan fingerprint density at radius 2 is 1.58 bits per heavy atom. The van der Waals surface area contributed by atoms with Gasteiger partial charge in [0.25, 0.3) is 0 Å². The number of carbonyl (C=O) groups excluding carboxylic acids is 1. The van der Waals surface area contributed by atoms with Crippen LogP contribution in [0.1, 0.15) is 23.1 Å². The van der Waals surface area contributed by atoms with Crippen LogP contribution in [-0.4, -0.2) is 30.6 Å². The number of rotatable bonds is 3. The monoisotopic (exact) mass is 406 g/mol. The van der Waals surface area contributed by atoms with Crippen molar-refractivity contribution in [2.24, 2.45) is 0 Å². The van der Waals surface area contributed by atoms with Gasteiger partial charge in [0.15, 0.2) is 0 Å².